The predicted octanol–water partition coefficient (Wildman–Crippen LogP) is 6.67. The third-order valence-electron chi connectivity index (χ3n) is 6.42. The molecule has 0 saturated heterocycles. The van der Waals surface area contributed by atoms with E-state index >= 15 is 0 Å². The summed E-state index contributed by atoms with van der Waals surface area (Å²) >= 11 is 0. The molecule has 0 bridgehead atoms. The van der Waals surface area contributed by atoms with Crippen molar-refractivity contribution in [2.24, 2.45) is 0 Å². The van der Waals surface area contributed by atoms with Gasteiger partial charge in [0.25, 0.3) is 0 Å². The van der Waals surface area contributed by atoms with E-state index < -0.39 is 0 Å². The molecular weight excluding hydrogens is 430 g/mol. The molecule has 35 heavy (non-hydrogen) atoms. The molecule has 5 rings (SSSR count). The van der Waals surface area contributed by atoms with Crippen molar-refractivity contribution < 1.29 is 4.79 Å². The summed E-state index contributed by atoms with van der Waals surface area (Å²) in [5.74, 6) is 0.116. The smallest absolute Gasteiger partial charge is 0.227 e. The lowest BCUT2D eigenvalue weighted by molar-refractivity contribution is -0.132. The number of hydrogen-bond donors (Lipinski definition) is 0. The monoisotopic (exact) mass is 459 g/mol. The van der Waals surface area contributed by atoms with Crippen molar-refractivity contribution in [1.29, 1.82) is 0 Å². The van der Waals surface area contributed by atoms with Crippen LogP contribution in [0.2, 0.25) is 0 Å². The molecule has 0 atom stereocenters. The predicted molar refractivity (Wildman–Crippen MR) is 142 cm³/mol. The van der Waals surface area contributed by atoms with Crippen LogP contribution < -0.4 is 0 Å². The number of carbonyl (C=O) groups is 1. The largest absolute Gasteiger partial charge is 0.336 e. The summed E-state index contributed by atoms with van der Waals surface area (Å²) in [7, 11) is 0. The Morgan fingerprint density at radius 3 is 2.14 bits per heavy atom. The Morgan fingerprint density at radius 1 is 0.829 bits per heavy atom. The number of para-hydroxylation sites is 2. The molecule has 0 saturated carbocycles. The zero-order chi connectivity index (χ0) is 24.2. The minimum Gasteiger partial charge on any atom is -0.336 e. The van der Waals surface area contributed by atoms with E-state index in [0.717, 1.165) is 39.0 Å². The van der Waals surface area contributed by atoms with Gasteiger partial charge in [0.05, 0.1) is 17.6 Å². The minimum absolute atomic E-state index is 0.0818. The van der Waals surface area contributed by atoms with Gasteiger partial charge in [-0.1, -0.05) is 66.7 Å². The number of nitrogens with zero attached hydrogens (tertiary/aromatic N) is 3. The third kappa shape index (κ3) is 4.60. The lowest BCUT2D eigenvalue weighted by Gasteiger charge is -2.27. The summed E-state index contributed by atoms with van der Waals surface area (Å²) in [6.07, 6.45) is 3.88. The van der Waals surface area contributed by atoms with Crippen LogP contribution in [0.5, 0.6) is 0 Å². The van der Waals surface area contributed by atoms with Crippen LogP contribution in [0, 0.1) is 0 Å². The SMILES string of the molecule is CC(C)N(Cc1ccncc1)C(=O)Cc1c(-c2ccccc2)n(-c2ccccc2)c2ccccc12. The van der Waals surface area contributed by atoms with Crippen LogP contribution >= 0.6 is 0 Å². The van der Waals surface area contributed by atoms with Crippen LogP contribution in [-0.2, 0) is 17.8 Å². The molecule has 4 heteroatoms. The van der Waals surface area contributed by atoms with Gasteiger partial charge in [-0.2, -0.15) is 0 Å². The molecule has 0 spiro atoms. The average molecular weight is 460 g/mol. The third-order valence-corrected chi connectivity index (χ3v) is 6.42. The Kier molecular flexibility index (Phi) is 6.44. The molecule has 2 heterocycles. The van der Waals surface area contributed by atoms with Gasteiger partial charge in [-0.05, 0) is 60.9 Å². The van der Waals surface area contributed by atoms with Gasteiger partial charge in [0.2, 0.25) is 5.91 Å². The van der Waals surface area contributed by atoms with E-state index in [9.17, 15) is 4.79 Å². The minimum atomic E-state index is 0.0818. The van der Waals surface area contributed by atoms with E-state index in [1.807, 2.05) is 29.2 Å². The highest BCUT2D eigenvalue weighted by Crippen LogP contribution is 2.37. The van der Waals surface area contributed by atoms with Gasteiger partial charge >= 0.3 is 0 Å². The Bertz CT molecular complexity index is 1420. The Balaban J connectivity index is 1.65. The second-order valence-corrected chi connectivity index (χ2v) is 9.03. The molecule has 174 valence electrons. The Hall–Kier alpha value is -4.18. The molecule has 3 aromatic carbocycles. The molecule has 0 N–H and O–H groups in total. The number of amides is 1. The summed E-state index contributed by atoms with van der Waals surface area (Å²) in [5.41, 5.74) is 6.49. The molecule has 0 aliphatic carbocycles. The first-order valence-electron chi connectivity index (χ1n) is 12.0. The van der Waals surface area contributed by atoms with Crippen molar-refractivity contribution in [3.63, 3.8) is 0 Å². The van der Waals surface area contributed by atoms with Crippen molar-refractivity contribution in [2.45, 2.75) is 32.9 Å². The fourth-order valence-electron chi connectivity index (χ4n) is 4.73. The van der Waals surface area contributed by atoms with Crippen LogP contribution in [0.15, 0.2) is 109 Å². The molecule has 0 fully saturated rings. The van der Waals surface area contributed by atoms with Gasteiger partial charge < -0.3 is 9.47 Å². The first-order valence-corrected chi connectivity index (χ1v) is 12.0. The number of benzene rings is 3. The highest BCUT2D eigenvalue weighted by atomic mass is 16.2. The summed E-state index contributed by atoms with van der Waals surface area (Å²) in [6.45, 7) is 4.71. The van der Waals surface area contributed by atoms with Crippen LogP contribution in [0.1, 0.15) is 25.0 Å². The number of pyridine rings is 1. The second-order valence-electron chi connectivity index (χ2n) is 9.03. The molecule has 5 aromatic rings. The normalized spacial score (nSPS) is 11.2. The van der Waals surface area contributed by atoms with Gasteiger partial charge in [0.1, 0.15) is 0 Å². The molecule has 0 aliphatic rings. The molecule has 0 radical (unpaired) electrons. The van der Waals surface area contributed by atoms with Gasteiger partial charge in [-0.15, -0.1) is 0 Å². The Morgan fingerprint density at radius 2 is 1.46 bits per heavy atom. The average Bonchev–Trinajstić information content (AvgIpc) is 3.22. The highest BCUT2D eigenvalue weighted by molar-refractivity contribution is 5.97. The molecule has 4 nitrogen and oxygen atoms in total. The van der Waals surface area contributed by atoms with Crippen LogP contribution in [-0.4, -0.2) is 26.4 Å². The summed E-state index contributed by atoms with van der Waals surface area (Å²) in [5, 5.41) is 1.11. The standard InChI is InChI=1S/C31H29N3O/c1-23(2)33(22-24-17-19-32-20-18-24)30(35)21-28-27-15-9-10-16-29(27)34(26-13-7-4-8-14-26)31(28)25-11-5-3-6-12-25/h3-20,23H,21-22H2,1-2H3. The second kappa shape index (κ2) is 9.98. The molecule has 0 unspecified atom stereocenters. The number of hydrogen-bond acceptors (Lipinski definition) is 2. The van der Waals surface area contributed by atoms with Crippen LogP contribution in [0.4, 0.5) is 0 Å². The molecule has 0 aliphatic heterocycles. The van der Waals surface area contributed by atoms with Crippen molar-refractivity contribution >= 4 is 16.8 Å². The Labute approximate surface area is 206 Å². The summed E-state index contributed by atoms with van der Waals surface area (Å²) in [4.78, 5) is 19.9. The van der Waals surface area contributed by atoms with E-state index in [1.165, 1.54) is 0 Å². The van der Waals surface area contributed by atoms with Crippen LogP contribution in [0.3, 0.4) is 0 Å². The molecule has 1 amide bonds. The van der Waals surface area contributed by atoms with Gasteiger partial charge in [0, 0.05) is 36.1 Å². The van der Waals surface area contributed by atoms with Crippen LogP contribution in [0.25, 0.3) is 27.8 Å². The molecular formula is C31H29N3O. The topological polar surface area (TPSA) is 38.1 Å². The summed E-state index contributed by atoms with van der Waals surface area (Å²) in [6, 6.07) is 33.2. The summed E-state index contributed by atoms with van der Waals surface area (Å²) < 4.78 is 2.29. The van der Waals surface area contributed by atoms with E-state index in [1.54, 1.807) is 12.4 Å². The maximum absolute atomic E-state index is 13.8. The van der Waals surface area contributed by atoms with Crippen molar-refractivity contribution in [3.05, 3.63) is 121 Å². The quantitative estimate of drug-likeness (QED) is 0.272. The zero-order valence-electron chi connectivity index (χ0n) is 20.1. The maximum Gasteiger partial charge on any atom is 0.227 e. The zero-order valence-corrected chi connectivity index (χ0v) is 20.1. The van der Waals surface area contributed by atoms with Crippen molar-refractivity contribution in [3.8, 4) is 16.9 Å². The van der Waals surface area contributed by atoms with Gasteiger partial charge in [0.15, 0.2) is 0 Å². The van der Waals surface area contributed by atoms with Gasteiger partial charge in [-0.25, -0.2) is 0 Å². The van der Waals surface area contributed by atoms with E-state index in [4.69, 9.17) is 0 Å². The lowest BCUT2D eigenvalue weighted by Crippen LogP contribution is -2.37. The van der Waals surface area contributed by atoms with E-state index in [-0.39, 0.29) is 11.9 Å². The fraction of sp³-hybridized carbons (Fsp3) is 0.161. The number of rotatable bonds is 7. The van der Waals surface area contributed by atoms with E-state index in [2.05, 4.69) is 96.2 Å². The first-order chi connectivity index (χ1) is 17.1. The lowest BCUT2D eigenvalue weighted by atomic mass is 10.0. The first kappa shape index (κ1) is 22.6. The number of carbonyl (C=O) groups excluding carboxylic acids is 1. The van der Waals surface area contributed by atoms with Gasteiger partial charge in [-0.3, -0.25) is 9.78 Å². The maximum atomic E-state index is 13.8. The fourth-order valence-corrected chi connectivity index (χ4v) is 4.73. The number of fused-ring (bicyclic) bond motifs is 1. The molecule has 2 aromatic heterocycles. The highest BCUT2D eigenvalue weighted by Gasteiger charge is 2.25. The van der Waals surface area contributed by atoms with E-state index in [0.29, 0.717) is 13.0 Å². The van der Waals surface area contributed by atoms with Crippen molar-refractivity contribution in [1.82, 2.24) is 14.5 Å². The van der Waals surface area contributed by atoms with Crippen molar-refractivity contribution in [2.75, 3.05) is 0 Å². The number of aromatic nitrogens is 2.